The van der Waals surface area contributed by atoms with Gasteiger partial charge in [0.25, 0.3) is 0 Å². The Morgan fingerprint density at radius 2 is 1.70 bits per heavy atom. The van der Waals surface area contributed by atoms with E-state index in [1.54, 1.807) is 37.4 Å². The minimum atomic E-state index is -3.75. The van der Waals surface area contributed by atoms with Crippen LogP contribution < -0.4 is 14.8 Å². The Labute approximate surface area is 181 Å². The van der Waals surface area contributed by atoms with Gasteiger partial charge < -0.3 is 14.8 Å². The number of carbonyl (C=O) groups is 1. The molecular formula is C20H24ClN3O5S. The fraction of sp³-hybridized carbons (Fsp3) is 0.350. The lowest BCUT2D eigenvalue weighted by Crippen LogP contribution is -2.50. The van der Waals surface area contributed by atoms with Crippen molar-refractivity contribution in [1.29, 1.82) is 0 Å². The minimum Gasteiger partial charge on any atom is -0.497 e. The molecule has 2 aromatic carbocycles. The molecule has 0 atom stereocenters. The van der Waals surface area contributed by atoms with Crippen LogP contribution in [0.5, 0.6) is 11.5 Å². The number of piperazine rings is 1. The molecule has 0 radical (unpaired) electrons. The van der Waals surface area contributed by atoms with Gasteiger partial charge in [0.2, 0.25) is 15.9 Å². The lowest BCUT2D eigenvalue weighted by atomic mass is 10.3. The third-order valence-corrected chi connectivity index (χ3v) is 6.97. The molecule has 1 aliphatic heterocycles. The largest absolute Gasteiger partial charge is 0.497 e. The Morgan fingerprint density at radius 3 is 2.30 bits per heavy atom. The van der Waals surface area contributed by atoms with Crippen LogP contribution in [0.15, 0.2) is 47.4 Å². The molecule has 0 saturated carbocycles. The molecule has 0 aromatic heterocycles. The third-order valence-electron chi connectivity index (χ3n) is 4.82. The van der Waals surface area contributed by atoms with Crippen LogP contribution in [0.3, 0.4) is 0 Å². The lowest BCUT2D eigenvalue weighted by Gasteiger charge is -2.33. The number of benzene rings is 2. The fourth-order valence-electron chi connectivity index (χ4n) is 3.20. The molecule has 30 heavy (non-hydrogen) atoms. The van der Waals surface area contributed by atoms with Crippen molar-refractivity contribution in [3.63, 3.8) is 0 Å². The lowest BCUT2D eigenvalue weighted by molar-refractivity contribution is -0.117. The first-order valence-corrected chi connectivity index (χ1v) is 11.2. The zero-order valence-electron chi connectivity index (χ0n) is 16.8. The number of hydrogen-bond donors (Lipinski definition) is 1. The molecule has 1 amide bonds. The monoisotopic (exact) mass is 453 g/mol. The molecule has 0 aliphatic carbocycles. The van der Waals surface area contributed by atoms with Crippen molar-refractivity contribution in [1.82, 2.24) is 9.21 Å². The maximum Gasteiger partial charge on any atom is 0.246 e. The molecule has 1 N–H and O–H groups in total. The Balaban J connectivity index is 1.57. The van der Waals surface area contributed by atoms with Gasteiger partial charge in [-0.15, -0.1) is 0 Å². The van der Waals surface area contributed by atoms with E-state index >= 15 is 0 Å². The predicted molar refractivity (Wildman–Crippen MR) is 115 cm³/mol. The highest BCUT2D eigenvalue weighted by molar-refractivity contribution is 7.89. The maximum absolute atomic E-state index is 13.0. The Hall–Kier alpha value is -2.33. The van der Waals surface area contributed by atoms with Gasteiger partial charge in [0.15, 0.2) is 0 Å². The van der Waals surface area contributed by atoms with Crippen molar-refractivity contribution >= 4 is 33.2 Å². The number of carbonyl (C=O) groups excluding carboxylic acids is 1. The van der Waals surface area contributed by atoms with Crippen molar-refractivity contribution in [2.45, 2.75) is 4.90 Å². The summed E-state index contributed by atoms with van der Waals surface area (Å²) in [5, 5.41) is 3.15. The van der Waals surface area contributed by atoms with E-state index in [2.05, 4.69) is 5.32 Å². The zero-order chi connectivity index (χ0) is 21.7. The smallest absolute Gasteiger partial charge is 0.246 e. The molecule has 10 heteroatoms. The van der Waals surface area contributed by atoms with Gasteiger partial charge in [0.1, 0.15) is 16.4 Å². The van der Waals surface area contributed by atoms with Crippen LogP contribution in [-0.2, 0) is 14.8 Å². The fourth-order valence-corrected chi connectivity index (χ4v) is 5.04. The number of ether oxygens (including phenoxy) is 2. The number of sulfonamides is 1. The van der Waals surface area contributed by atoms with Gasteiger partial charge in [-0.1, -0.05) is 11.6 Å². The summed E-state index contributed by atoms with van der Waals surface area (Å²) in [4.78, 5) is 14.3. The van der Waals surface area contributed by atoms with Crippen molar-refractivity contribution in [2.24, 2.45) is 0 Å². The van der Waals surface area contributed by atoms with Gasteiger partial charge in [-0.3, -0.25) is 9.69 Å². The molecule has 1 fully saturated rings. The van der Waals surface area contributed by atoms with Crippen molar-refractivity contribution in [3.05, 3.63) is 47.5 Å². The van der Waals surface area contributed by atoms with Crippen LogP contribution in [0.2, 0.25) is 5.02 Å². The van der Waals surface area contributed by atoms with E-state index in [4.69, 9.17) is 21.1 Å². The van der Waals surface area contributed by atoms with E-state index in [1.165, 1.54) is 23.5 Å². The molecule has 8 nitrogen and oxygen atoms in total. The molecule has 3 rings (SSSR count). The van der Waals surface area contributed by atoms with Gasteiger partial charge in [-0.25, -0.2) is 8.42 Å². The molecule has 162 valence electrons. The minimum absolute atomic E-state index is 0.0446. The van der Waals surface area contributed by atoms with Crippen molar-refractivity contribution in [2.75, 3.05) is 52.3 Å². The van der Waals surface area contributed by atoms with E-state index in [9.17, 15) is 13.2 Å². The van der Waals surface area contributed by atoms with Gasteiger partial charge in [-0.2, -0.15) is 4.31 Å². The van der Waals surface area contributed by atoms with E-state index in [0.717, 1.165) is 0 Å². The SMILES string of the molecule is COc1ccc(NC(=O)CN2CCN(S(=O)(=O)c3cc(Cl)ccc3OC)CC2)cc1. The Morgan fingerprint density at radius 1 is 1.03 bits per heavy atom. The third kappa shape index (κ3) is 5.23. The van der Waals surface area contributed by atoms with E-state index in [-0.39, 0.29) is 36.2 Å². The second-order valence-corrected chi connectivity index (χ2v) is 9.09. The quantitative estimate of drug-likeness (QED) is 0.692. The Bertz CT molecular complexity index is 990. The van der Waals surface area contributed by atoms with E-state index < -0.39 is 10.0 Å². The highest BCUT2D eigenvalue weighted by Crippen LogP contribution is 2.30. The van der Waals surface area contributed by atoms with Crippen LogP contribution in [0.4, 0.5) is 5.69 Å². The number of nitrogens with zero attached hydrogens (tertiary/aromatic N) is 2. The van der Waals surface area contributed by atoms with Crippen LogP contribution in [0.1, 0.15) is 0 Å². The predicted octanol–water partition coefficient (Wildman–Crippen LogP) is 2.30. The number of amides is 1. The summed E-state index contributed by atoms with van der Waals surface area (Å²) in [6.07, 6.45) is 0. The summed E-state index contributed by atoms with van der Waals surface area (Å²) in [5.74, 6) is 0.801. The normalized spacial score (nSPS) is 15.6. The first-order valence-electron chi connectivity index (χ1n) is 9.33. The first kappa shape index (κ1) is 22.4. The van der Waals surface area contributed by atoms with Gasteiger partial charge in [0.05, 0.1) is 20.8 Å². The first-order chi connectivity index (χ1) is 14.3. The summed E-state index contributed by atoms with van der Waals surface area (Å²) in [5.41, 5.74) is 0.676. The summed E-state index contributed by atoms with van der Waals surface area (Å²) < 4.78 is 37.7. The number of methoxy groups -OCH3 is 2. The summed E-state index contributed by atoms with van der Waals surface area (Å²) in [7, 11) is -0.752. The second kappa shape index (κ2) is 9.65. The van der Waals surface area contributed by atoms with Crippen LogP contribution in [0, 0.1) is 0 Å². The van der Waals surface area contributed by atoms with E-state index in [0.29, 0.717) is 29.5 Å². The standard InChI is InChI=1S/C20H24ClN3O5S/c1-28-17-6-4-16(5-7-17)22-20(25)14-23-9-11-24(12-10-23)30(26,27)19-13-15(21)3-8-18(19)29-2/h3-8,13H,9-12,14H2,1-2H3,(H,22,25). The Kier molecular flexibility index (Phi) is 7.19. The highest BCUT2D eigenvalue weighted by Gasteiger charge is 2.31. The second-order valence-electron chi connectivity index (χ2n) is 6.75. The van der Waals surface area contributed by atoms with E-state index in [1.807, 2.05) is 4.90 Å². The number of hydrogen-bond acceptors (Lipinski definition) is 6. The molecule has 1 saturated heterocycles. The molecule has 0 bridgehead atoms. The van der Waals surface area contributed by atoms with Gasteiger partial charge >= 0.3 is 0 Å². The van der Waals surface area contributed by atoms with Crippen LogP contribution in [0.25, 0.3) is 0 Å². The average Bonchev–Trinajstić information content (AvgIpc) is 2.74. The van der Waals surface area contributed by atoms with Crippen LogP contribution in [-0.4, -0.2) is 70.5 Å². The molecule has 0 spiro atoms. The molecular weight excluding hydrogens is 430 g/mol. The summed E-state index contributed by atoms with van der Waals surface area (Å²) >= 11 is 5.98. The number of anilines is 1. The maximum atomic E-state index is 13.0. The van der Waals surface area contributed by atoms with Gasteiger partial charge in [-0.05, 0) is 42.5 Å². The molecule has 1 heterocycles. The number of nitrogens with one attached hydrogen (secondary N) is 1. The number of halogens is 1. The summed E-state index contributed by atoms with van der Waals surface area (Å²) in [6.45, 7) is 1.61. The molecule has 2 aromatic rings. The highest BCUT2D eigenvalue weighted by atomic mass is 35.5. The summed E-state index contributed by atoms with van der Waals surface area (Å²) in [6, 6.07) is 11.6. The van der Waals surface area contributed by atoms with Crippen LogP contribution >= 0.6 is 11.6 Å². The van der Waals surface area contributed by atoms with Crippen molar-refractivity contribution in [3.8, 4) is 11.5 Å². The van der Waals surface area contributed by atoms with Gasteiger partial charge in [0, 0.05) is 36.9 Å². The number of rotatable bonds is 7. The average molecular weight is 454 g/mol. The topological polar surface area (TPSA) is 88.2 Å². The van der Waals surface area contributed by atoms with Crippen molar-refractivity contribution < 1.29 is 22.7 Å². The molecule has 0 unspecified atom stereocenters. The molecule has 1 aliphatic rings. The zero-order valence-corrected chi connectivity index (χ0v) is 18.4.